The van der Waals surface area contributed by atoms with Crippen molar-refractivity contribution in [1.29, 1.82) is 0 Å². The molecule has 2 unspecified atom stereocenters. The molecule has 1 aliphatic rings. The average molecular weight is 259 g/mol. The Morgan fingerprint density at radius 2 is 1.79 bits per heavy atom. The first-order valence-electron chi connectivity index (χ1n) is 6.73. The Morgan fingerprint density at radius 1 is 1.21 bits per heavy atom. The normalized spacial score (nSPS) is 23.8. The smallest absolute Gasteiger partial charge is 0.246 e. The maximum atomic E-state index is 12.1. The highest BCUT2D eigenvalue weighted by Crippen LogP contribution is 2.12. The number of amides is 1. The average Bonchev–Trinajstić information content (AvgIpc) is 2.36. The Morgan fingerprint density at radius 3 is 2.37 bits per heavy atom. The second kappa shape index (κ2) is 6.02. The number of hydrogen-bond donors (Lipinski definition) is 0. The van der Waals surface area contributed by atoms with Crippen LogP contribution in [0.25, 0.3) is 6.08 Å². The van der Waals surface area contributed by atoms with Crippen LogP contribution >= 0.6 is 0 Å². The van der Waals surface area contributed by atoms with Gasteiger partial charge in [0.15, 0.2) is 0 Å². The molecule has 1 saturated heterocycles. The van der Waals surface area contributed by atoms with E-state index in [2.05, 4.69) is 6.92 Å². The first-order chi connectivity index (χ1) is 9.04. The van der Waals surface area contributed by atoms with Crippen LogP contribution in [0.1, 0.15) is 25.0 Å². The zero-order valence-corrected chi connectivity index (χ0v) is 11.8. The summed E-state index contributed by atoms with van der Waals surface area (Å²) in [5, 5.41) is 0. The molecule has 1 heterocycles. The van der Waals surface area contributed by atoms with Crippen LogP contribution in [0.15, 0.2) is 30.3 Å². The second-order valence-electron chi connectivity index (χ2n) is 5.24. The van der Waals surface area contributed by atoms with E-state index in [4.69, 9.17) is 4.74 Å². The summed E-state index contributed by atoms with van der Waals surface area (Å²) < 4.78 is 5.62. The number of nitrogens with zero attached hydrogens (tertiary/aromatic N) is 1. The summed E-state index contributed by atoms with van der Waals surface area (Å²) in [5.41, 5.74) is 2.27. The van der Waals surface area contributed by atoms with E-state index in [1.807, 2.05) is 49.1 Å². The van der Waals surface area contributed by atoms with Crippen molar-refractivity contribution in [2.24, 2.45) is 0 Å². The zero-order valence-electron chi connectivity index (χ0n) is 11.8. The molecule has 3 nitrogen and oxygen atoms in total. The van der Waals surface area contributed by atoms with E-state index < -0.39 is 0 Å². The molecule has 0 radical (unpaired) electrons. The fraction of sp³-hybridized carbons (Fsp3) is 0.438. The third-order valence-electron chi connectivity index (χ3n) is 3.23. The molecule has 102 valence electrons. The summed E-state index contributed by atoms with van der Waals surface area (Å²) in [7, 11) is 0. The van der Waals surface area contributed by atoms with Gasteiger partial charge in [0.05, 0.1) is 12.2 Å². The Kier molecular flexibility index (Phi) is 4.38. The lowest BCUT2D eigenvalue weighted by Gasteiger charge is -2.34. The molecule has 0 aromatic heterocycles. The molecule has 19 heavy (non-hydrogen) atoms. The van der Waals surface area contributed by atoms with Crippen LogP contribution in [-0.2, 0) is 9.53 Å². The van der Waals surface area contributed by atoms with Crippen molar-refractivity contribution >= 4 is 12.0 Å². The highest BCUT2D eigenvalue weighted by atomic mass is 16.5. The largest absolute Gasteiger partial charge is 0.372 e. The highest BCUT2D eigenvalue weighted by Gasteiger charge is 2.24. The van der Waals surface area contributed by atoms with E-state index in [0.29, 0.717) is 13.1 Å². The lowest BCUT2D eigenvalue weighted by atomic mass is 10.1. The van der Waals surface area contributed by atoms with Crippen LogP contribution in [0.2, 0.25) is 0 Å². The maximum Gasteiger partial charge on any atom is 0.246 e. The predicted molar refractivity (Wildman–Crippen MR) is 76.8 cm³/mol. The zero-order chi connectivity index (χ0) is 13.8. The summed E-state index contributed by atoms with van der Waals surface area (Å²) in [5.74, 6) is 0.0579. The van der Waals surface area contributed by atoms with Crippen molar-refractivity contribution in [2.45, 2.75) is 33.0 Å². The molecule has 2 atom stereocenters. The third kappa shape index (κ3) is 3.93. The van der Waals surface area contributed by atoms with Gasteiger partial charge < -0.3 is 9.64 Å². The molecule has 2 rings (SSSR count). The van der Waals surface area contributed by atoms with Crippen LogP contribution in [0.3, 0.4) is 0 Å². The molecule has 1 aromatic rings. The molecular weight excluding hydrogens is 238 g/mol. The molecule has 0 saturated carbocycles. The van der Waals surface area contributed by atoms with E-state index in [0.717, 1.165) is 5.56 Å². The molecule has 0 N–H and O–H groups in total. The van der Waals surface area contributed by atoms with Gasteiger partial charge in [0.1, 0.15) is 0 Å². The van der Waals surface area contributed by atoms with Gasteiger partial charge in [-0.2, -0.15) is 0 Å². The first-order valence-corrected chi connectivity index (χ1v) is 6.73. The molecule has 3 heteroatoms. The topological polar surface area (TPSA) is 29.5 Å². The fourth-order valence-electron chi connectivity index (χ4n) is 2.31. The van der Waals surface area contributed by atoms with Crippen LogP contribution in [0, 0.1) is 6.92 Å². The summed E-state index contributed by atoms with van der Waals surface area (Å²) >= 11 is 0. The van der Waals surface area contributed by atoms with Crippen molar-refractivity contribution in [3.8, 4) is 0 Å². The highest BCUT2D eigenvalue weighted by molar-refractivity contribution is 5.91. The van der Waals surface area contributed by atoms with Crippen LogP contribution in [0.4, 0.5) is 0 Å². The molecule has 1 amide bonds. The minimum Gasteiger partial charge on any atom is -0.372 e. The van der Waals surface area contributed by atoms with Crippen LogP contribution < -0.4 is 0 Å². The van der Waals surface area contributed by atoms with Gasteiger partial charge in [-0.05, 0) is 32.4 Å². The Hall–Kier alpha value is -1.61. The first kappa shape index (κ1) is 13.8. The van der Waals surface area contributed by atoms with Crippen molar-refractivity contribution in [2.75, 3.05) is 13.1 Å². The maximum absolute atomic E-state index is 12.1. The van der Waals surface area contributed by atoms with Crippen molar-refractivity contribution in [3.05, 3.63) is 41.5 Å². The SMILES string of the molecule is Cc1ccc(/C=C/C(=O)N2CC(C)OC(C)C2)cc1. The molecule has 0 aliphatic carbocycles. The summed E-state index contributed by atoms with van der Waals surface area (Å²) in [6, 6.07) is 8.12. The number of benzene rings is 1. The fourth-order valence-corrected chi connectivity index (χ4v) is 2.31. The molecule has 1 aliphatic heterocycles. The molecule has 1 aromatic carbocycles. The third-order valence-corrected chi connectivity index (χ3v) is 3.23. The van der Waals surface area contributed by atoms with Crippen LogP contribution in [-0.4, -0.2) is 36.1 Å². The quantitative estimate of drug-likeness (QED) is 0.764. The van der Waals surface area contributed by atoms with Crippen molar-refractivity contribution < 1.29 is 9.53 Å². The van der Waals surface area contributed by atoms with Gasteiger partial charge in [0.2, 0.25) is 5.91 Å². The van der Waals surface area contributed by atoms with Gasteiger partial charge in [-0.3, -0.25) is 4.79 Å². The summed E-state index contributed by atoms with van der Waals surface area (Å²) in [4.78, 5) is 14.0. The lowest BCUT2D eigenvalue weighted by molar-refractivity contribution is -0.137. The van der Waals surface area contributed by atoms with E-state index in [1.54, 1.807) is 6.08 Å². The van der Waals surface area contributed by atoms with Gasteiger partial charge in [0.25, 0.3) is 0 Å². The number of morpholine rings is 1. The minimum atomic E-state index is 0.0579. The summed E-state index contributed by atoms with van der Waals surface area (Å²) in [6.07, 6.45) is 3.74. The van der Waals surface area contributed by atoms with Crippen molar-refractivity contribution in [3.63, 3.8) is 0 Å². The molecule has 0 bridgehead atoms. The van der Waals surface area contributed by atoms with E-state index in [9.17, 15) is 4.79 Å². The van der Waals surface area contributed by atoms with Crippen molar-refractivity contribution in [1.82, 2.24) is 4.90 Å². The predicted octanol–water partition coefficient (Wildman–Crippen LogP) is 2.64. The monoisotopic (exact) mass is 259 g/mol. The number of carbonyl (C=O) groups is 1. The number of ether oxygens (including phenoxy) is 1. The Labute approximate surface area is 114 Å². The van der Waals surface area contributed by atoms with E-state index in [-0.39, 0.29) is 18.1 Å². The number of carbonyl (C=O) groups excluding carboxylic acids is 1. The Bertz CT molecular complexity index is 454. The standard InChI is InChI=1S/C16H21NO2/c1-12-4-6-15(7-5-12)8-9-16(18)17-10-13(2)19-14(3)11-17/h4-9,13-14H,10-11H2,1-3H3/b9-8+. The van der Waals surface area contributed by atoms with Gasteiger partial charge in [0, 0.05) is 19.2 Å². The molecule has 0 spiro atoms. The minimum absolute atomic E-state index is 0.0579. The summed E-state index contributed by atoms with van der Waals surface area (Å²) in [6.45, 7) is 7.39. The van der Waals surface area contributed by atoms with Gasteiger partial charge in [-0.15, -0.1) is 0 Å². The van der Waals surface area contributed by atoms with E-state index >= 15 is 0 Å². The van der Waals surface area contributed by atoms with Gasteiger partial charge >= 0.3 is 0 Å². The number of rotatable bonds is 2. The number of hydrogen-bond acceptors (Lipinski definition) is 2. The lowest BCUT2D eigenvalue weighted by Crippen LogP contribution is -2.47. The molecular formula is C16H21NO2. The van der Waals surface area contributed by atoms with Crippen LogP contribution in [0.5, 0.6) is 0 Å². The Balaban J connectivity index is 1.98. The van der Waals surface area contributed by atoms with Gasteiger partial charge in [-0.25, -0.2) is 0 Å². The number of aryl methyl sites for hydroxylation is 1. The van der Waals surface area contributed by atoms with Gasteiger partial charge in [-0.1, -0.05) is 29.8 Å². The van der Waals surface area contributed by atoms with E-state index in [1.165, 1.54) is 5.56 Å². The second-order valence-corrected chi connectivity index (χ2v) is 5.24. The molecule has 1 fully saturated rings.